The van der Waals surface area contributed by atoms with Gasteiger partial charge in [0, 0.05) is 0 Å². The molecule has 0 amide bonds. The van der Waals surface area contributed by atoms with Gasteiger partial charge < -0.3 is 0 Å². The summed E-state index contributed by atoms with van der Waals surface area (Å²) in [7, 11) is 0. The topological polar surface area (TPSA) is 0 Å². The maximum absolute atomic E-state index is 2.30. The van der Waals surface area contributed by atoms with Crippen LogP contribution in [-0.4, -0.2) is 13.9 Å². The van der Waals surface area contributed by atoms with Crippen LogP contribution < -0.4 is 13.4 Å². The Bertz CT molecular complexity index is 652. The molecule has 1 heteroatoms. The number of hydrogen-bond donors (Lipinski definition) is 0. The fraction of sp³-hybridized carbons (Fsp3) is 0.100. The van der Waals surface area contributed by atoms with Crippen LogP contribution in [-0.2, 0) is 0 Å². The van der Waals surface area contributed by atoms with E-state index in [2.05, 4.69) is 92.7 Å². The van der Waals surface area contributed by atoms with Crippen LogP contribution >= 0.6 is 0 Å². The molecule has 0 N–H and O–H groups in total. The van der Waals surface area contributed by atoms with Gasteiger partial charge in [-0.05, 0) is 0 Å². The molecule has 0 heterocycles. The summed E-state index contributed by atoms with van der Waals surface area (Å²) in [6, 6.07) is 29.0. The molecule has 3 aromatic carbocycles. The monoisotopic (exact) mass is 339 g/mol. The zero-order valence-corrected chi connectivity index (χ0v) is 14.1. The van der Waals surface area contributed by atoms with Gasteiger partial charge in [-0.25, -0.2) is 0 Å². The van der Waals surface area contributed by atoms with E-state index in [0.717, 1.165) is 0 Å². The maximum atomic E-state index is 2.30. The molecule has 0 saturated carbocycles. The molecule has 3 aromatic rings. The first-order valence-electron chi connectivity index (χ1n) is 7.17. The third-order valence-corrected chi connectivity index (χ3v) is 8.17. The van der Waals surface area contributed by atoms with Gasteiger partial charge in [0.15, 0.2) is 0 Å². The molecule has 0 saturated heterocycles. The first-order chi connectivity index (χ1) is 10.2. The summed E-state index contributed by atoms with van der Waals surface area (Å²) in [5, 5.41) is 0. The van der Waals surface area contributed by atoms with Crippen LogP contribution in [0.5, 0.6) is 0 Å². The summed E-state index contributed by atoms with van der Waals surface area (Å²) >= 11 is -1.19. The summed E-state index contributed by atoms with van der Waals surface area (Å²) < 4.78 is 4.40. The van der Waals surface area contributed by atoms with E-state index < -0.39 is 13.9 Å². The summed E-state index contributed by atoms with van der Waals surface area (Å²) in [5.74, 6) is 0. The minimum absolute atomic E-state index is 1.19. The van der Waals surface area contributed by atoms with Gasteiger partial charge in [-0.3, -0.25) is 0 Å². The van der Waals surface area contributed by atoms with Crippen LogP contribution in [0.2, 0.25) is 0 Å². The Hall–Kier alpha value is -1.82. The zero-order chi connectivity index (χ0) is 14.7. The van der Waals surface area contributed by atoms with E-state index in [4.69, 9.17) is 0 Å². The standard InChI is InChI=1S/C20H19Se/c1-16-8-12-19(13-9-16)21(18-6-4-3-5-7-18)20-14-10-17(2)11-15-20/h3-15H,1-2H3/q+1. The number of hydrogen-bond acceptors (Lipinski definition) is 0. The van der Waals surface area contributed by atoms with E-state index in [-0.39, 0.29) is 0 Å². The molecule has 0 aliphatic carbocycles. The van der Waals surface area contributed by atoms with Gasteiger partial charge in [-0.2, -0.15) is 0 Å². The fourth-order valence-corrected chi connectivity index (χ4v) is 6.64. The van der Waals surface area contributed by atoms with Crippen molar-refractivity contribution >= 4 is 27.3 Å². The van der Waals surface area contributed by atoms with E-state index in [1.807, 2.05) is 0 Å². The van der Waals surface area contributed by atoms with E-state index >= 15 is 0 Å². The van der Waals surface area contributed by atoms with Gasteiger partial charge in [0.1, 0.15) is 0 Å². The summed E-state index contributed by atoms with van der Waals surface area (Å²) in [5.41, 5.74) is 2.64. The van der Waals surface area contributed by atoms with Crippen LogP contribution in [0.25, 0.3) is 0 Å². The van der Waals surface area contributed by atoms with E-state index in [0.29, 0.717) is 0 Å². The van der Waals surface area contributed by atoms with Crippen molar-refractivity contribution in [2.75, 3.05) is 0 Å². The van der Waals surface area contributed by atoms with Crippen molar-refractivity contribution in [3.05, 3.63) is 90.0 Å². The molecule has 0 aliphatic heterocycles. The molecule has 0 unspecified atom stereocenters. The third-order valence-electron chi connectivity index (χ3n) is 3.49. The Labute approximate surface area is 131 Å². The first-order valence-corrected chi connectivity index (χ1v) is 9.74. The van der Waals surface area contributed by atoms with Crippen molar-refractivity contribution in [2.24, 2.45) is 0 Å². The van der Waals surface area contributed by atoms with Crippen molar-refractivity contribution in [3.63, 3.8) is 0 Å². The molecule has 0 bridgehead atoms. The van der Waals surface area contributed by atoms with Crippen molar-refractivity contribution in [1.29, 1.82) is 0 Å². The molecule has 0 fully saturated rings. The number of aryl methyl sites for hydroxylation is 2. The van der Waals surface area contributed by atoms with Crippen LogP contribution in [0.4, 0.5) is 0 Å². The Morgan fingerprint density at radius 2 is 0.857 bits per heavy atom. The molecule has 3 rings (SSSR count). The SMILES string of the molecule is Cc1ccc([Se+](c2ccccc2)c2ccc(C)cc2)cc1. The zero-order valence-electron chi connectivity index (χ0n) is 12.4. The van der Waals surface area contributed by atoms with Gasteiger partial charge in [-0.1, -0.05) is 0 Å². The van der Waals surface area contributed by atoms with Crippen molar-refractivity contribution in [2.45, 2.75) is 13.8 Å². The molecule has 0 atom stereocenters. The van der Waals surface area contributed by atoms with Gasteiger partial charge in [0.05, 0.1) is 0 Å². The Kier molecular flexibility index (Phi) is 4.24. The second kappa shape index (κ2) is 6.30. The molecule has 0 radical (unpaired) electrons. The molecule has 21 heavy (non-hydrogen) atoms. The average Bonchev–Trinajstić information content (AvgIpc) is 2.52. The Morgan fingerprint density at radius 1 is 0.476 bits per heavy atom. The molecule has 0 nitrogen and oxygen atoms in total. The van der Waals surface area contributed by atoms with Crippen LogP contribution in [0.3, 0.4) is 0 Å². The number of rotatable bonds is 3. The van der Waals surface area contributed by atoms with Crippen molar-refractivity contribution in [1.82, 2.24) is 0 Å². The predicted molar refractivity (Wildman–Crippen MR) is 93.5 cm³/mol. The normalized spacial score (nSPS) is 10.8. The minimum atomic E-state index is -1.19. The van der Waals surface area contributed by atoms with Gasteiger partial charge >= 0.3 is 131 Å². The van der Waals surface area contributed by atoms with Gasteiger partial charge in [0.25, 0.3) is 0 Å². The molecular weight excluding hydrogens is 319 g/mol. The molecule has 0 aromatic heterocycles. The summed E-state index contributed by atoms with van der Waals surface area (Å²) in [4.78, 5) is 0. The number of benzene rings is 3. The molecular formula is C20H19Se+. The van der Waals surface area contributed by atoms with Gasteiger partial charge in [0.2, 0.25) is 0 Å². The van der Waals surface area contributed by atoms with E-state index in [1.165, 1.54) is 24.5 Å². The van der Waals surface area contributed by atoms with Crippen LogP contribution in [0, 0.1) is 13.8 Å². The molecule has 104 valence electrons. The molecule has 0 aliphatic rings. The second-order valence-electron chi connectivity index (χ2n) is 5.25. The Morgan fingerprint density at radius 3 is 1.29 bits per heavy atom. The fourth-order valence-electron chi connectivity index (χ4n) is 2.31. The quantitative estimate of drug-likeness (QED) is 0.644. The van der Waals surface area contributed by atoms with Crippen molar-refractivity contribution < 1.29 is 0 Å². The van der Waals surface area contributed by atoms with E-state index in [1.54, 1.807) is 0 Å². The van der Waals surface area contributed by atoms with Crippen molar-refractivity contribution in [3.8, 4) is 0 Å². The van der Waals surface area contributed by atoms with E-state index in [9.17, 15) is 0 Å². The average molecular weight is 338 g/mol. The first kappa shape index (κ1) is 14.1. The summed E-state index contributed by atoms with van der Waals surface area (Å²) in [6.45, 7) is 4.29. The van der Waals surface area contributed by atoms with Crippen LogP contribution in [0.1, 0.15) is 11.1 Å². The van der Waals surface area contributed by atoms with Crippen LogP contribution in [0.15, 0.2) is 78.9 Å². The predicted octanol–water partition coefficient (Wildman–Crippen LogP) is 2.82. The third kappa shape index (κ3) is 3.26. The Balaban J connectivity index is 2.11. The second-order valence-corrected chi connectivity index (χ2v) is 9.50. The molecule has 0 spiro atoms. The summed E-state index contributed by atoms with van der Waals surface area (Å²) in [6.07, 6.45) is 0. The van der Waals surface area contributed by atoms with Gasteiger partial charge in [-0.15, -0.1) is 0 Å².